The quantitative estimate of drug-likeness (QED) is 0.737. The molecule has 0 aliphatic carbocycles. The number of aryl methyl sites for hydroxylation is 1. The monoisotopic (exact) mass is 387 g/mol. The molecule has 25 heavy (non-hydrogen) atoms. The Morgan fingerprint density at radius 3 is 2.56 bits per heavy atom. The van der Waals surface area contributed by atoms with Gasteiger partial charge in [-0.05, 0) is 36.6 Å². The molecule has 2 rings (SSSR count). The Morgan fingerprint density at radius 2 is 1.88 bits per heavy atom. The third-order valence-electron chi connectivity index (χ3n) is 3.67. The van der Waals surface area contributed by atoms with E-state index >= 15 is 0 Å². The first-order valence-electron chi connectivity index (χ1n) is 7.70. The molecule has 0 heterocycles. The second kappa shape index (κ2) is 9.13. The van der Waals surface area contributed by atoms with Crippen LogP contribution in [-0.4, -0.2) is 17.6 Å². The first kappa shape index (κ1) is 19.6. The van der Waals surface area contributed by atoms with Gasteiger partial charge in [-0.3, -0.25) is 4.79 Å². The molecule has 0 aliphatic heterocycles. The van der Waals surface area contributed by atoms with Crippen molar-refractivity contribution in [3.63, 3.8) is 0 Å². The first-order chi connectivity index (χ1) is 11.9. The molecule has 0 spiro atoms. The van der Waals surface area contributed by atoms with E-state index in [0.717, 1.165) is 17.7 Å². The lowest BCUT2D eigenvalue weighted by Gasteiger charge is -2.13. The molecule has 1 atom stereocenters. The summed E-state index contributed by atoms with van der Waals surface area (Å²) in [6.07, 6.45) is 0.253. The van der Waals surface area contributed by atoms with Crippen molar-refractivity contribution < 1.29 is 18.7 Å². The lowest BCUT2D eigenvalue weighted by Crippen LogP contribution is -2.28. The van der Waals surface area contributed by atoms with Gasteiger partial charge >= 0.3 is 0 Å². The molecule has 134 valence electrons. The van der Waals surface area contributed by atoms with E-state index in [1.54, 1.807) is 12.1 Å². The minimum atomic E-state index is -1.24. The number of amides is 1. The number of nitrogens with one attached hydrogen (secondary N) is 1. The van der Waals surface area contributed by atoms with Gasteiger partial charge < -0.3 is 10.4 Å². The van der Waals surface area contributed by atoms with E-state index in [0.29, 0.717) is 29.0 Å². The number of aliphatic hydroxyl groups is 1. The topological polar surface area (TPSA) is 49.3 Å². The van der Waals surface area contributed by atoms with Gasteiger partial charge in [0.05, 0.1) is 16.1 Å². The van der Waals surface area contributed by atoms with E-state index in [2.05, 4.69) is 5.32 Å². The number of benzene rings is 2. The van der Waals surface area contributed by atoms with Gasteiger partial charge in [0.25, 0.3) is 0 Å². The van der Waals surface area contributed by atoms with Crippen LogP contribution in [0.1, 0.15) is 30.1 Å². The summed E-state index contributed by atoms with van der Waals surface area (Å²) in [5, 5.41) is 13.4. The third-order valence-corrected chi connectivity index (χ3v) is 4.41. The third kappa shape index (κ3) is 5.96. The molecule has 0 saturated carbocycles. The Kier molecular flexibility index (Phi) is 7.17. The zero-order valence-corrected chi connectivity index (χ0v) is 14.7. The van der Waals surface area contributed by atoms with E-state index in [-0.39, 0.29) is 24.4 Å². The van der Waals surface area contributed by atoms with Gasteiger partial charge in [0.2, 0.25) is 5.91 Å². The van der Waals surface area contributed by atoms with Crippen molar-refractivity contribution >= 4 is 29.1 Å². The minimum Gasteiger partial charge on any atom is -0.386 e. The molecule has 0 fully saturated rings. The van der Waals surface area contributed by atoms with Crippen LogP contribution in [0.4, 0.5) is 8.78 Å². The molecule has 1 unspecified atom stereocenters. The predicted octanol–water partition coefficient (Wildman–Crippen LogP) is 4.44. The molecule has 0 saturated heterocycles. The Bertz CT molecular complexity index is 756. The van der Waals surface area contributed by atoms with Crippen LogP contribution in [0, 0.1) is 11.6 Å². The average molecular weight is 388 g/mol. The number of hydrogen-bond donors (Lipinski definition) is 2. The molecule has 3 nitrogen and oxygen atoms in total. The van der Waals surface area contributed by atoms with Crippen LogP contribution in [0.5, 0.6) is 0 Å². The lowest BCUT2D eigenvalue weighted by atomic mass is 10.1. The highest BCUT2D eigenvalue weighted by Crippen LogP contribution is 2.23. The second-order valence-electron chi connectivity index (χ2n) is 5.59. The molecule has 2 aromatic carbocycles. The molecule has 2 N–H and O–H groups in total. The summed E-state index contributed by atoms with van der Waals surface area (Å²) in [6.45, 7) is -0.145. The van der Waals surface area contributed by atoms with Crippen molar-refractivity contribution in [2.75, 3.05) is 6.54 Å². The molecule has 2 aromatic rings. The number of rotatable bonds is 7. The highest BCUT2D eigenvalue weighted by Gasteiger charge is 2.14. The normalized spacial score (nSPS) is 12.0. The summed E-state index contributed by atoms with van der Waals surface area (Å²) in [6, 6.07) is 8.20. The van der Waals surface area contributed by atoms with Crippen LogP contribution < -0.4 is 5.32 Å². The molecule has 0 bridgehead atoms. The summed E-state index contributed by atoms with van der Waals surface area (Å²) < 4.78 is 26.4. The summed E-state index contributed by atoms with van der Waals surface area (Å²) in [4.78, 5) is 11.8. The fourth-order valence-corrected chi connectivity index (χ4v) is 2.65. The number of carbonyl (C=O) groups excluding carboxylic acids is 1. The Morgan fingerprint density at radius 1 is 1.12 bits per heavy atom. The number of hydrogen-bond acceptors (Lipinski definition) is 2. The lowest BCUT2D eigenvalue weighted by molar-refractivity contribution is -0.121. The maximum atomic E-state index is 13.5. The van der Waals surface area contributed by atoms with Crippen LogP contribution in [0.15, 0.2) is 36.4 Å². The van der Waals surface area contributed by atoms with Crippen LogP contribution in [0.2, 0.25) is 10.0 Å². The van der Waals surface area contributed by atoms with Crippen molar-refractivity contribution in [1.82, 2.24) is 5.32 Å². The van der Waals surface area contributed by atoms with E-state index in [1.807, 2.05) is 6.07 Å². The summed E-state index contributed by atoms with van der Waals surface area (Å²) in [5.41, 5.74) is 0.910. The van der Waals surface area contributed by atoms with Gasteiger partial charge in [0, 0.05) is 24.6 Å². The van der Waals surface area contributed by atoms with Gasteiger partial charge in [-0.1, -0.05) is 35.3 Å². The Hall–Kier alpha value is -1.69. The van der Waals surface area contributed by atoms with Crippen molar-refractivity contribution in [2.24, 2.45) is 0 Å². The molecular weight excluding hydrogens is 371 g/mol. The largest absolute Gasteiger partial charge is 0.386 e. The number of halogens is 4. The van der Waals surface area contributed by atoms with E-state index in [9.17, 15) is 18.7 Å². The van der Waals surface area contributed by atoms with Gasteiger partial charge in [-0.15, -0.1) is 0 Å². The number of carbonyl (C=O) groups is 1. The smallest absolute Gasteiger partial charge is 0.220 e. The maximum Gasteiger partial charge on any atom is 0.220 e. The fourth-order valence-electron chi connectivity index (χ4n) is 2.33. The highest BCUT2D eigenvalue weighted by molar-refractivity contribution is 6.42. The summed E-state index contributed by atoms with van der Waals surface area (Å²) in [7, 11) is 0. The van der Waals surface area contributed by atoms with Crippen molar-refractivity contribution in [3.05, 3.63) is 69.2 Å². The van der Waals surface area contributed by atoms with Crippen molar-refractivity contribution in [3.8, 4) is 0 Å². The molecular formula is C18H17Cl2F2NO2. The van der Waals surface area contributed by atoms with Gasteiger partial charge in [0.15, 0.2) is 0 Å². The second-order valence-corrected chi connectivity index (χ2v) is 6.40. The standard InChI is InChI=1S/C18H17Cl2F2NO2/c19-14-7-4-11(8-15(14)20)2-1-3-18(25)23-10-17(24)13-6-5-12(21)9-16(13)22/h4-9,17,24H,1-3,10H2,(H,23,25). The molecule has 0 radical (unpaired) electrons. The van der Waals surface area contributed by atoms with Crippen LogP contribution in [0.3, 0.4) is 0 Å². The zero-order valence-electron chi connectivity index (χ0n) is 13.2. The van der Waals surface area contributed by atoms with Crippen molar-refractivity contribution in [1.29, 1.82) is 0 Å². The minimum absolute atomic E-state index is 0.0579. The van der Waals surface area contributed by atoms with Crippen molar-refractivity contribution in [2.45, 2.75) is 25.4 Å². The Balaban J connectivity index is 1.75. The van der Waals surface area contributed by atoms with Crippen LogP contribution in [0.25, 0.3) is 0 Å². The first-order valence-corrected chi connectivity index (χ1v) is 8.46. The molecule has 1 amide bonds. The van der Waals surface area contributed by atoms with Crippen LogP contribution >= 0.6 is 23.2 Å². The van der Waals surface area contributed by atoms with E-state index < -0.39 is 17.7 Å². The molecule has 0 aliphatic rings. The maximum absolute atomic E-state index is 13.5. The van der Waals surface area contributed by atoms with Gasteiger partial charge in [-0.25, -0.2) is 8.78 Å². The predicted molar refractivity (Wildman–Crippen MR) is 93.7 cm³/mol. The van der Waals surface area contributed by atoms with Crippen LogP contribution in [-0.2, 0) is 11.2 Å². The summed E-state index contributed by atoms with van der Waals surface area (Å²) >= 11 is 11.8. The number of aliphatic hydroxyl groups excluding tert-OH is 1. The average Bonchev–Trinajstić information content (AvgIpc) is 2.56. The van der Waals surface area contributed by atoms with E-state index in [1.165, 1.54) is 0 Å². The highest BCUT2D eigenvalue weighted by atomic mass is 35.5. The summed E-state index contributed by atoms with van der Waals surface area (Å²) in [5.74, 6) is -1.83. The zero-order chi connectivity index (χ0) is 18.4. The van der Waals surface area contributed by atoms with Gasteiger partial charge in [-0.2, -0.15) is 0 Å². The molecule has 0 aromatic heterocycles. The molecule has 7 heteroatoms. The van der Waals surface area contributed by atoms with E-state index in [4.69, 9.17) is 23.2 Å². The van der Waals surface area contributed by atoms with Gasteiger partial charge in [0.1, 0.15) is 11.6 Å². The fraction of sp³-hybridized carbons (Fsp3) is 0.278. The SMILES string of the molecule is O=C(CCCc1ccc(Cl)c(Cl)c1)NCC(O)c1ccc(F)cc1F. The Labute approximate surface area is 154 Å².